The van der Waals surface area contributed by atoms with E-state index in [0.29, 0.717) is 7.11 Å². The third kappa shape index (κ3) is 18.5. The average molecular weight is 826 g/mol. The van der Waals surface area contributed by atoms with Crippen molar-refractivity contribution in [3.8, 4) is 0 Å². The van der Waals surface area contributed by atoms with E-state index in [0.717, 1.165) is 0 Å². The molecule has 0 atom stereocenters. The highest BCUT2D eigenvalue weighted by Crippen LogP contribution is 2.48. The zero-order chi connectivity index (χ0) is 41.9. The number of rotatable bonds is 9. The van der Waals surface area contributed by atoms with E-state index in [9.17, 15) is 127 Å². The molecule has 302 valence electrons. The van der Waals surface area contributed by atoms with Gasteiger partial charge in [0.1, 0.15) is 6.42 Å². The standard InChI is InChI=1S/2C5H2F8O.C4H3F5O.C3F8O/c6-2(7)3(8)14-5(12,13)1-4(9,10)11;1-2(6)14-5(12,13)3(7,8)4(9,10)11;1-10-2(3(5)6)4(7,8)9;4-1(5,2(6,7)8)3(9,10)12-11/h2*1H2;1H3;. The molecule has 50 heavy (non-hydrogen) atoms. The highest BCUT2D eigenvalue weighted by molar-refractivity contribution is 5.00. The summed E-state index contributed by atoms with van der Waals surface area (Å²) in [5.41, 5.74) is 0. The van der Waals surface area contributed by atoms with Crippen molar-refractivity contribution in [2.24, 2.45) is 0 Å². The minimum absolute atomic E-state index is 0.530. The zero-order valence-electron chi connectivity index (χ0n) is 22.0. The quantitative estimate of drug-likeness (QED) is 0.171. The van der Waals surface area contributed by atoms with Crippen LogP contribution in [-0.4, -0.2) is 62.0 Å². The van der Waals surface area contributed by atoms with Crippen molar-refractivity contribution in [2.45, 2.75) is 61.3 Å². The second kappa shape index (κ2) is 18.2. The lowest BCUT2D eigenvalue weighted by atomic mass is 10.3. The van der Waals surface area contributed by atoms with Crippen LogP contribution in [0.1, 0.15) is 6.42 Å². The Morgan fingerprint density at radius 1 is 0.520 bits per heavy atom. The van der Waals surface area contributed by atoms with E-state index < -0.39 is 91.2 Å². The van der Waals surface area contributed by atoms with Gasteiger partial charge in [0, 0.05) is 0 Å². The Balaban J connectivity index is -0.000000284. The summed E-state index contributed by atoms with van der Waals surface area (Å²) in [6, 6.07) is -5.47. The predicted octanol–water partition coefficient (Wildman–Crippen LogP) is 11.8. The van der Waals surface area contributed by atoms with Gasteiger partial charge in [-0.2, -0.15) is 123 Å². The van der Waals surface area contributed by atoms with Crippen LogP contribution in [0.15, 0.2) is 36.5 Å². The van der Waals surface area contributed by atoms with Gasteiger partial charge in [-0.15, -0.1) is 4.94 Å². The number of methoxy groups -OCH3 is 1. The third-order valence-electron chi connectivity index (χ3n) is 3.21. The Morgan fingerprint density at radius 3 is 1.02 bits per heavy atom. The topological polar surface area (TPSA) is 36.9 Å². The summed E-state index contributed by atoms with van der Waals surface area (Å²) in [7, 11) is 0.530. The fourth-order valence-corrected chi connectivity index (χ4v) is 1.32. The highest BCUT2D eigenvalue weighted by Gasteiger charge is 2.76. The van der Waals surface area contributed by atoms with Gasteiger partial charge in [-0.3, -0.25) is 0 Å². The Morgan fingerprint density at radius 2 is 0.860 bits per heavy atom. The summed E-state index contributed by atoms with van der Waals surface area (Å²) in [5, 5.41) is 0. The van der Waals surface area contributed by atoms with E-state index in [4.69, 9.17) is 0 Å². The summed E-state index contributed by atoms with van der Waals surface area (Å²) < 4.78 is 339. The zero-order valence-corrected chi connectivity index (χ0v) is 22.0. The largest absolute Gasteiger partial charge is 0.489 e. The Hall–Kier alpha value is -3.45. The lowest BCUT2D eigenvalue weighted by Crippen LogP contribution is -2.53. The number of hydrogen-bond donors (Lipinski definition) is 0. The van der Waals surface area contributed by atoms with Gasteiger partial charge >= 0.3 is 73.1 Å². The molecule has 0 aromatic carbocycles. The molecule has 0 saturated carbocycles. The number of alkyl halides is 22. The third-order valence-corrected chi connectivity index (χ3v) is 3.21. The molecular weight excluding hydrogens is 819 g/mol. The molecular formula is C17H7F29O4. The van der Waals surface area contributed by atoms with Crippen molar-refractivity contribution >= 4 is 0 Å². The first-order chi connectivity index (χ1) is 21.4. The molecule has 0 N–H and O–H groups in total. The second-order valence-corrected chi connectivity index (χ2v) is 7.07. The molecule has 0 radical (unpaired) electrons. The number of allylic oxidation sites excluding steroid dienone is 1. The van der Waals surface area contributed by atoms with E-state index in [1.165, 1.54) is 4.94 Å². The Bertz CT molecular complexity index is 1100. The molecule has 0 aromatic rings. The summed E-state index contributed by atoms with van der Waals surface area (Å²) in [6.07, 6.45) is -49.8. The molecule has 0 spiro atoms. The van der Waals surface area contributed by atoms with E-state index in [1.807, 2.05) is 6.58 Å². The molecule has 0 unspecified atom stereocenters. The van der Waals surface area contributed by atoms with E-state index >= 15 is 0 Å². The van der Waals surface area contributed by atoms with E-state index in [1.54, 1.807) is 0 Å². The van der Waals surface area contributed by atoms with Gasteiger partial charge in [0.2, 0.25) is 0 Å². The van der Waals surface area contributed by atoms with Gasteiger partial charge in [0.25, 0.3) is 11.8 Å². The van der Waals surface area contributed by atoms with Gasteiger partial charge in [0.05, 0.1) is 7.11 Å². The molecule has 0 fully saturated rings. The van der Waals surface area contributed by atoms with E-state index in [2.05, 4.69) is 14.2 Å². The van der Waals surface area contributed by atoms with Crippen LogP contribution in [0.25, 0.3) is 0 Å². The summed E-state index contributed by atoms with van der Waals surface area (Å²) in [4.78, 5) is 1.23. The van der Waals surface area contributed by atoms with Crippen molar-refractivity contribution < 1.29 is 147 Å². The van der Waals surface area contributed by atoms with Crippen LogP contribution in [0.5, 0.6) is 0 Å². The highest BCUT2D eigenvalue weighted by atomic mass is 19.4. The summed E-state index contributed by atoms with van der Waals surface area (Å²) in [5.74, 6) is -15.3. The molecule has 4 nitrogen and oxygen atoms in total. The van der Waals surface area contributed by atoms with Crippen LogP contribution in [0.4, 0.5) is 127 Å². The van der Waals surface area contributed by atoms with Gasteiger partial charge in [-0.05, 0) is 11.1 Å². The number of hydrogen-bond acceptors (Lipinski definition) is 4. The van der Waals surface area contributed by atoms with Crippen LogP contribution in [-0.2, 0) is 19.2 Å². The smallest absolute Gasteiger partial charge is 0.475 e. The number of halogens is 29. The minimum atomic E-state index is -6.57. The molecule has 0 aliphatic heterocycles. The summed E-state index contributed by atoms with van der Waals surface area (Å²) in [6.45, 7) is 1.97. The van der Waals surface area contributed by atoms with Gasteiger partial charge in [-0.25, -0.2) is 0 Å². The monoisotopic (exact) mass is 826 g/mol. The molecule has 0 rings (SSSR count). The molecule has 0 aliphatic rings. The van der Waals surface area contributed by atoms with Crippen molar-refractivity contribution in [2.75, 3.05) is 7.11 Å². The maximum absolute atomic E-state index is 12.0. The van der Waals surface area contributed by atoms with E-state index in [-0.39, 0.29) is 0 Å². The Labute approximate surface area is 253 Å². The predicted molar refractivity (Wildman–Crippen MR) is 94.8 cm³/mol. The van der Waals surface area contributed by atoms with Crippen LogP contribution in [0.3, 0.4) is 0 Å². The first-order valence-corrected chi connectivity index (χ1v) is 9.89. The lowest BCUT2D eigenvalue weighted by Gasteiger charge is -2.26. The summed E-state index contributed by atoms with van der Waals surface area (Å²) >= 11 is 0. The number of ether oxygens (including phenoxy) is 3. The van der Waals surface area contributed by atoms with Crippen molar-refractivity contribution in [3.05, 3.63) is 36.5 Å². The van der Waals surface area contributed by atoms with Crippen molar-refractivity contribution in [1.82, 2.24) is 0 Å². The molecule has 0 aromatic heterocycles. The maximum Gasteiger partial charge on any atom is 0.475 e. The fraction of sp³-hybridized carbons (Fsp3) is 0.647. The maximum atomic E-state index is 12.0. The SMILES string of the molecule is C=C(F)OC(F)(F)C(F)(F)C(F)(F)F.COC(=C(F)F)C(F)(F)F.FC(F)=C(F)OC(F)(F)CC(F)(F)F.FOC(F)(F)C(F)(F)C(F)(F)F. The minimum Gasteiger partial charge on any atom is -0.489 e. The normalized spacial score (nSPS) is 13.2. The molecule has 0 heterocycles. The molecule has 33 heteroatoms. The molecule has 0 bridgehead atoms. The van der Waals surface area contributed by atoms with Crippen LogP contribution in [0.2, 0.25) is 0 Å². The molecule has 0 saturated heterocycles. The average Bonchev–Trinajstić information content (AvgIpc) is 2.80. The second-order valence-electron chi connectivity index (χ2n) is 7.07. The van der Waals surface area contributed by atoms with Gasteiger partial charge in [-0.1, -0.05) is 0 Å². The fourth-order valence-electron chi connectivity index (χ4n) is 1.32. The lowest BCUT2D eigenvalue weighted by molar-refractivity contribution is -0.471. The van der Waals surface area contributed by atoms with Crippen molar-refractivity contribution in [1.29, 1.82) is 0 Å². The van der Waals surface area contributed by atoms with Crippen molar-refractivity contribution in [3.63, 3.8) is 0 Å². The molecule has 0 amide bonds. The first-order valence-electron chi connectivity index (χ1n) is 9.89. The first kappa shape index (κ1) is 53.3. The van der Waals surface area contributed by atoms with Crippen LogP contribution >= 0.6 is 0 Å². The van der Waals surface area contributed by atoms with Gasteiger partial charge in [0.15, 0.2) is 0 Å². The molecule has 0 aliphatic carbocycles. The Kier molecular flexibility index (Phi) is 19.4. The van der Waals surface area contributed by atoms with Crippen LogP contribution < -0.4 is 0 Å². The van der Waals surface area contributed by atoms with Gasteiger partial charge < -0.3 is 14.2 Å². The van der Waals surface area contributed by atoms with Crippen LogP contribution in [0, 0.1) is 0 Å².